The lowest BCUT2D eigenvalue weighted by atomic mass is 10.0. The fraction of sp³-hybridized carbons (Fsp3) is 0.333. The Bertz CT molecular complexity index is 632. The van der Waals surface area contributed by atoms with Crippen LogP contribution in [0.5, 0.6) is 0 Å². The standard InChI is InChI=1S/C15H20N4O3/c1-3-4-5-6-7-11-8-10(2)12(9-13(11)19(21)22)14(20)18-15(16)17/h6-9H,3-5H2,1-2H3,(H4,16,17,18,20). The number of hydrogen-bond acceptors (Lipinski definition) is 3. The highest BCUT2D eigenvalue weighted by Crippen LogP contribution is 2.25. The van der Waals surface area contributed by atoms with Crippen molar-refractivity contribution in [1.82, 2.24) is 0 Å². The molecule has 0 atom stereocenters. The molecule has 1 aromatic carbocycles. The molecule has 0 fully saturated rings. The van der Waals surface area contributed by atoms with Crippen LogP contribution in [0.2, 0.25) is 0 Å². The Kier molecular flexibility index (Phi) is 6.25. The maximum Gasteiger partial charge on any atom is 0.280 e. The topological polar surface area (TPSA) is 125 Å². The number of carbonyl (C=O) groups excluding carboxylic acids is 1. The van der Waals surface area contributed by atoms with E-state index in [9.17, 15) is 14.9 Å². The van der Waals surface area contributed by atoms with Crippen molar-refractivity contribution >= 4 is 23.6 Å². The lowest BCUT2D eigenvalue weighted by molar-refractivity contribution is -0.385. The van der Waals surface area contributed by atoms with Crippen LogP contribution in [-0.4, -0.2) is 16.8 Å². The van der Waals surface area contributed by atoms with Crippen LogP contribution in [-0.2, 0) is 0 Å². The van der Waals surface area contributed by atoms with Gasteiger partial charge in [-0.25, -0.2) is 0 Å². The molecule has 0 aliphatic heterocycles. The molecule has 4 N–H and O–H groups in total. The van der Waals surface area contributed by atoms with Crippen molar-refractivity contribution < 1.29 is 9.72 Å². The molecule has 0 aliphatic rings. The molecule has 118 valence electrons. The Labute approximate surface area is 128 Å². The highest BCUT2D eigenvalue weighted by atomic mass is 16.6. The normalized spacial score (nSPS) is 10.6. The van der Waals surface area contributed by atoms with Crippen molar-refractivity contribution in [2.45, 2.75) is 33.1 Å². The summed E-state index contributed by atoms with van der Waals surface area (Å²) >= 11 is 0. The van der Waals surface area contributed by atoms with E-state index in [2.05, 4.69) is 11.9 Å². The quantitative estimate of drug-likeness (QED) is 0.274. The van der Waals surface area contributed by atoms with Crippen molar-refractivity contribution in [1.29, 1.82) is 0 Å². The monoisotopic (exact) mass is 304 g/mol. The highest BCUT2D eigenvalue weighted by molar-refractivity contribution is 6.03. The smallest absolute Gasteiger partial charge is 0.280 e. The molecule has 1 rings (SSSR count). The van der Waals surface area contributed by atoms with Crippen molar-refractivity contribution in [2.24, 2.45) is 16.5 Å². The largest absolute Gasteiger partial charge is 0.370 e. The van der Waals surface area contributed by atoms with Gasteiger partial charge in [-0.2, -0.15) is 4.99 Å². The van der Waals surface area contributed by atoms with Gasteiger partial charge in [-0.3, -0.25) is 14.9 Å². The van der Waals surface area contributed by atoms with Gasteiger partial charge in [0.2, 0.25) is 0 Å². The molecule has 7 nitrogen and oxygen atoms in total. The molecule has 1 aromatic rings. The van der Waals surface area contributed by atoms with Crippen LogP contribution in [0, 0.1) is 17.0 Å². The van der Waals surface area contributed by atoms with E-state index in [-0.39, 0.29) is 17.2 Å². The number of aryl methyl sites for hydroxylation is 1. The first-order valence-electron chi connectivity index (χ1n) is 6.96. The number of nitro benzene ring substituents is 1. The van der Waals surface area contributed by atoms with Crippen LogP contribution in [0.4, 0.5) is 5.69 Å². The second kappa shape index (κ2) is 7.92. The van der Waals surface area contributed by atoms with Crippen molar-refractivity contribution in [3.63, 3.8) is 0 Å². The van der Waals surface area contributed by atoms with Crippen LogP contribution in [0.1, 0.15) is 47.7 Å². The van der Waals surface area contributed by atoms with Gasteiger partial charge in [0.25, 0.3) is 11.6 Å². The zero-order valence-electron chi connectivity index (χ0n) is 12.7. The minimum absolute atomic E-state index is 0.116. The Morgan fingerprint density at radius 2 is 2.09 bits per heavy atom. The highest BCUT2D eigenvalue weighted by Gasteiger charge is 2.18. The second-order valence-electron chi connectivity index (χ2n) is 4.87. The molecule has 22 heavy (non-hydrogen) atoms. The molecular weight excluding hydrogens is 284 g/mol. The summed E-state index contributed by atoms with van der Waals surface area (Å²) in [5.41, 5.74) is 11.3. The molecule has 0 saturated heterocycles. The van der Waals surface area contributed by atoms with Crippen LogP contribution < -0.4 is 11.5 Å². The van der Waals surface area contributed by atoms with Crippen LogP contribution in [0.3, 0.4) is 0 Å². The average Bonchev–Trinajstić information content (AvgIpc) is 2.42. The van der Waals surface area contributed by atoms with Crippen LogP contribution in [0.25, 0.3) is 6.08 Å². The number of hydrogen-bond donors (Lipinski definition) is 2. The fourth-order valence-electron chi connectivity index (χ4n) is 1.95. The summed E-state index contributed by atoms with van der Waals surface area (Å²) in [6.07, 6.45) is 6.52. The summed E-state index contributed by atoms with van der Waals surface area (Å²) in [5.74, 6) is -1.07. The van der Waals surface area contributed by atoms with E-state index in [1.165, 1.54) is 6.07 Å². The first-order valence-corrected chi connectivity index (χ1v) is 6.96. The second-order valence-corrected chi connectivity index (χ2v) is 4.87. The number of amides is 1. The molecule has 0 aromatic heterocycles. The molecule has 1 amide bonds. The SMILES string of the molecule is CCCCC=Cc1cc(C)c(C(=O)N=C(N)N)cc1[N+](=O)[O-]. The number of nitrogens with zero attached hydrogens (tertiary/aromatic N) is 2. The van der Waals surface area contributed by atoms with E-state index >= 15 is 0 Å². The zero-order chi connectivity index (χ0) is 16.7. The Morgan fingerprint density at radius 3 is 2.64 bits per heavy atom. The predicted octanol–water partition coefficient (Wildman–Crippen LogP) is 2.52. The van der Waals surface area contributed by atoms with Crippen LogP contribution >= 0.6 is 0 Å². The minimum Gasteiger partial charge on any atom is -0.370 e. The molecular formula is C15H20N4O3. The van der Waals surface area contributed by atoms with Gasteiger partial charge in [-0.1, -0.05) is 31.9 Å². The summed E-state index contributed by atoms with van der Waals surface area (Å²) in [4.78, 5) is 26.0. The van der Waals surface area contributed by atoms with Gasteiger partial charge in [0.15, 0.2) is 5.96 Å². The summed E-state index contributed by atoms with van der Waals surface area (Å²) in [6.45, 7) is 3.76. The van der Waals surface area contributed by atoms with E-state index < -0.39 is 10.8 Å². The van der Waals surface area contributed by atoms with Gasteiger partial charge < -0.3 is 11.5 Å². The molecule has 0 heterocycles. The van der Waals surface area contributed by atoms with E-state index in [0.29, 0.717) is 11.1 Å². The fourth-order valence-corrected chi connectivity index (χ4v) is 1.95. The minimum atomic E-state index is -0.692. The van der Waals surface area contributed by atoms with Gasteiger partial charge in [0.05, 0.1) is 16.1 Å². The molecule has 0 aliphatic carbocycles. The molecule has 0 radical (unpaired) electrons. The Balaban J connectivity index is 3.24. The van der Waals surface area contributed by atoms with Crippen molar-refractivity contribution in [3.8, 4) is 0 Å². The third-order valence-corrected chi connectivity index (χ3v) is 3.05. The summed E-state index contributed by atoms with van der Waals surface area (Å²) in [6, 6.07) is 2.81. The van der Waals surface area contributed by atoms with Crippen LogP contribution in [0.15, 0.2) is 23.2 Å². The zero-order valence-corrected chi connectivity index (χ0v) is 12.7. The van der Waals surface area contributed by atoms with E-state index in [1.807, 2.05) is 6.08 Å². The van der Waals surface area contributed by atoms with Gasteiger partial charge in [0, 0.05) is 6.07 Å². The first kappa shape index (κ1) is 17.4. The first-order chi connectivity index (χ1) is 10.4. The number of aliphatic imine (C=N–C) groups is 1. The summed E-state index contributed by atoms with van der Waals surface area (Å²) in [5, 5.41) is 11.2. The van der Waals surface area contributed by atoms with Gasteiger partial charge in [-0.15, -0.1) is 0 Å². The molecule has 0 saturated carbocycles. The lowest BCUT2D eigenvalue weighted by Crippen LogP contribution is -2.24. The molecule has 0 unspecified atom stereocenters. The van der Waals surface area contributed by atoms with E-state index in [1.54, 1.807) is 19.1 Å². The third-order valence-electron chi connectivity index (χ3n) is 3.05. The third kappa shape index (κ3) is 4.69. The molecule has 0 bridgehead atoms. The number of nitrogens with two attached hydrogens (primary N) is 2. The number of nitro groups is 1. The van der Waals surface area contributed by atoms with E-state index in [4.69, 9.17) is 11.5 Å². The number of benzene rings is 1. The van der Waals surface area contributed by atoms with Crippen molar-refractivity contribution in [3.05, 3.63) is 45.0 Å². The summed E-state index contributed by atoms with van der Waals surface area (Å²) < 4.78 is 0. The number of guanidine groups is 1. The summed E-state index contributed by atoms with van der Waals surface area (Å²) in [7, 11) is 0. The van der Waals surface area contributed by atoms with Gasteiger partial charge in [0.1, 0.15) is 0 Å². The molecule has 0 spiro atoms. The predicted molar refractivity (Wildman–Crippen MR) is 86.5 cm³/mol. The van der Waals surface area contributed by atoms with Gasteiger partial charge in [-0.05, 0) is 25.0 Å². The number of rotatable bonds is 6. The maximum atomic E-state index is 11.9. The number of unbranched alkanes of at least 4 members (excludes halogenated alkanes) is 2. The Hall–Kier alpha value is -2.70. The number of allylic oxidation sites excluding steroid dienone is 1. The van der Waals surface area contributed by atoms with Gasteiger partial charge >= 0.3 is 0 Å². The number of carbonyl (C=O) groups is 1. The molecule has 7 heteroatoms. The average molecular weight is 304 g/mol. The lowest BCUT2D eigenvalue weighted by Gasteiger charge is -2.05. The van der Waals surface area contributed by atoms with Crippen molar-refractivity contribution in [2.75, 3.05) is 0 Å². The maximum absolute atomic E-state index is 11.9. The van der Waals surface area contributed by atoms with E-state index in [0.717, 1.165) is 19.3 Å². The Morgan fingerprint density at radius 1 is 1.41 bits per heavy atom.